The zero-order chi connectivity index (χ0) is 13.4. The fraction of sp³-hybridized carbons (Fsp3) is 0.500. The van der Waals surface area contributed by atoms with Crippen molar-refractivity contribution in [2.45, 2.75) is 44.4 Å². The molecule has 0 saturated heterocycles. The van der Waals surface area contributed by atoms with Gasteiger partial charge < -0.3 is 5.11 Å². The van der Waals surface area contributed by atoms with Crippen LogP contribution in [0.5, 0.6) is 5.75 Å². The minimum absolute atomic E-state index is 0.0332. The van der Waals surface area contributed by atoms with Crippen LogP contribution in [0.3, 0.4) is 0 Å². The van der Waals surface area contributed by atoms with Gasteiger partial charge in [-0.1, -0.05) is 27.7 Å². The van der Waals surface area contributed by atoms with Crippen LogP contribution >= 0.6 is 10.7 Å². The molecule has 1 rings (SSSR count). The first-order valence-electron chi connectivity index (χ1n) is 5.46. The molecule has 3 nitrogen and oxygen atoms in total. The second-order valence-corrected chi connectivity index (χ2v) is 7.26. The van der Waals surface area contributed by atoms with E-state index in [1.54, 1.807) is 0 Å². The van der Waals surface area contributed by atoms with Crippen molar-refractivity contribution in [2.24, 2.45) is 0 Å². The highest BCUT2D eigenvalue weighted by atomic mass is 35.7. The van der Waals surface area contributed by atoms with E-state index in [1.807, 2.05) is 27.7 Å². The van der Waals surface area contributed by atoms with Gasteiger partial charge in [0.25, 0.3) is 9.05 Å². The predicted molar refractivity (Wildman–Crippen MR) is 69.3 cm³/mol. The van der Waals surface area contributed by atoms with E-state index in [1.165, 1.54) is 12.1 Å². The van der Waals surface area contributed by atoms with Gasteiger partial charge in [0, 0.05) is 10.7 Å². The second-order valence-electron chi connectivity index (χ2n) is 4.70. The molecule has 1 N–H and O–H groups in total. The number of halogens is 1. The number of phenols is 1. The maximum absolute atomic E-state index is 11.4. The van der Waals surface area contributed by atoms with Gasteiger partial charge in [-0.2, -0.15) is 0 Å². The first-order chi connectivity index (χ1) is 7.64. The molecule has 1 aromatic carbocycles. The van der Waals surface area contributed by atoms with Crippen molar-refractivity contribution >= 4 is 19.7 Å². The summed E-state index contributed by atoms with van der Waals surface area (Å²) in [5, 5.41) is 10.1. The lowest BCUT2D eigenvalue weighted by Crippen LogP contribution is -2.00. The molecule has 0 saturated carbocycles. The van der Waals surface area contributed by atoms with Crippen LogP contribution in [0, 0.1) is 0 Å². The third kappa shape index (κ3) is 3.13. The van der Waals surface area contributed by atoms with Crippen molar-refractivity contribution in [1.82, 2.24) is 0 Å². The summed E-state index contributed by atoms with van der Waals surface area (Å²) in [6.45, 7) is 7.57. The summed E-state index contributed by atoms with van der Waals surface area (Å²) in [5.74, 6) is 0.232. The van der Waals surface area contributed by atoms with Gasteiger partial charge in [0.1, 0.15) is 5.75 Å². The standard InChI is InChI=1S/C12H17ClO3S/c1-7(2)10-5-9(17(13,15)16)6-11(8(3)4)12(10)14/h5-8,14H,1-4H3. The average molecular weight is 277 g/mol. The molecule has 0 atom stereocenters. The van der Waals surface area contributed by atoms with Gasteiger partial charge in [0.15, 0.2) is 0 Å². The van der Waals surface area contributed by atoms with Gasteiger partial charge in [-0.15, -0.1) is 0 Å². The Morgan fingerprint density at radius 3 is 1.65 bits per heavy atom. The molecule has 96 valence electrons. The van der Waals surface area contributed by atoms with Gasteiger partial charge in [-0.25, -0.2) is 8.42 Å². The summed E-state index contributed by atoms with van der Waals surface area (Å²) >= 11 is 0. The van der Waals surface area contributed by atoms with Gasteiger partial charge in [0.2, 0.25) is 0 Å². The van der Waals surface area contributed by atoms with Crippen LogP contribution in [-0.4, -0.2) is 13.5 Å². The average Bonchev–Trinajstić information content (AvgIpc) is 2.14. The molecule has 0 aliphatic carbocycles. The van der Waals surface area contributed by atoms with Crippen molar-refractivity contribution in [2.75, 3.05) is 0 Å². The van der Waals surface area contributed by atoms with Crippen LogP contribution in [0.15, 0.2) is 17.0 Å². The largest absolute Gasteiger partial charge is 0.507 e. The quantitative estimate of drug-likeness (QED) is 0.859. The Kier molecular flexibility index (Phi) is 4.10. The SMILES string of the molecule is CC(C)c1cc(S(=O)(=O)Cl)cc(C(C)C)c1O. The van der Waals surface area contributed by atoms with Gasteiger partial charge in [0.05, 0.1) is 4.90 Å². The summed E-state index contributed by atoms with van der Waals surface area (Å²) in [6.07, 6.45) is 0. The predicted octanol–water partition coefficient (Wildman–Crippen LogP) is 3.57. The number of rotatable bonds is 3. The number of aromatic hydroxyl groups is 1. The Morgan fingerprint density at radius 1 is 1.06 bits per heavy atom. The van der Waals surface area contributed by atoms with Crippen LogP contribution in [0.4, 0.5) is 0 Å². The van der Waals surface area contributed by atoms with Crippen molar-refractivity contribution in [3.63, 3.8) is 0 Å². The minimum Gasteiger partial charge on any atom is -0.507 e. The molecule has 5 heteroatoms. The third-order valence-corrected chi connectivity index (χ3v) is 4.00. The highest BCUT2D eigenvalue weighted by molar-refractivity contribution is 8.13. The van der Waals surface area contributed by atoms with Gasteiger partial charge in [-0.3, -0.25) is 0 Å². The van der Waals surface area contributed by atoms with Crippen LogP contribution in [-0.2, 0) is 9.05 Å². The van der Waals surface area contributed by atoms with Crippen LogP contribution in [0.2, 0.25) is 0 Å². The number of hydrogen-bond donors (Lipinski definition) is 1. The molecule has 0 unspecified atom stereocenters. The van der Waals surface area contributed by atoms with Crippen molar-refractivity contribution in [1.29, 1.82) is 0 Å². The Morgan fingerprint density at radius 2 is 1.41 bits per heavy atom. The van der Waals surface area contributed by atoms with E-state index >= 15 is 0 Å². The molecular formula is C12H17ClO3S. The Labute approximate surface area is 107 Å². The summed E-state index contributed by atoms with van der Waals surface area (Å²) in [4.78, 5) is 0.0457. The molecule has 1 aromatic rings. The van der Waals surface area contributed by atoms with Gasteiger partial charge >= 0.3 is 0 Å². The first kappa shape index (κ1) is 14.3. The molecule has 0 fully saturated rings. The normalized spacial score (nSPS) is 12.4. The van der Waals surface area contributed by atoms with Crippen molar-refractivity contribution < 1.29 is 13.5 Å². The van der Waals surface area contributed by atoms with Crippen LogP contribution < -0.4 is 0 Å². The molecule has 17 heavy (non-hydrogen) atoms. The Hall–Kier alpha value is -0.740. The second kappa shape index (κ2) is 4.86. The molecule has 0 bridgehead atoms. The lowest BCUT2D eigenvalue weighted by molar-refractivity contribution is 0.453. The maximum Gasteiger partial charge on any atom is 0.261 e. The molecule has 0 spiro atoms. The molecule has 0 aromatic heterocycles. The summed E-state index contributed by atoms with van der Waals surface area (Å²) < 4.78 is 22.8. The van der Waals surface area contributed by atoms with E-state index in [0.717, 1.165) is 0 Å². The van der Waals surface area contributed by atoms with E-state index in [-0.39, 0.29) is 22.5 Å². The smallest absolute Gasteiger partial charge is 0.261 e. The zero-order valence-corrected chi connectivity index (χ0v) is 11.9. The topological polar surface area (TPSA) is 54.4 Å². The van der Waals surface area contributed by atoms with E-state index in [0.29, 0.717) is 11.1 Å². The summed E-state index contributed by atoms with van der Waals surface area (Å²) in [6, 6.07) is 2.88. The third-order valence-electron chi connectivity index (χ3n) is 2.67. The molecule has 0 radical (unpaired) electrons. The van der Waals surface area contributed by atoms with Crippen LogP contribution in [0.1, 0.15) is 50.7 Å². The highest BCUT2D eigenvalue weighted by Gasteiger charge is 2.19. The lowest BCUT2D eigenvalue weighted by atomic mass is 9.94. The molecule has 0 heterocycles. The Balaban J connectivity index is 3.59. The first-order valence-corrected chi connectivity index (χ1v) is 7.77. The maximum atomic E-state index is 11.4. The molecule has 0 aliphatic rings. The summed E-state index contributed by atoms with van der Waals surface area (Å²) in [5.41, 5.74) is 1.21. The van der Waals surface area contributed by atoms with E-state index in [9.17, 15) is 13.5 Å². The number of phenolic OH excluding ortho intramolecular Hbond substituents is 1. The zero-order valence-electron chi connectivity index (χ0n) is 10.4. The van der Waals surface area contributed by atoms with E-state index in [4.69, 9.17) is 10.7 Å². The Bertz CT molecular complexity index is 490. The summed E-state index contributed by atoms with van der Waals surface area (Å²) in [7, 11) is 1.58. The monoisotopic (exact) mass is 276 g/mol. The van der Waals surface area contributed by atoms with E-state index < -0.39 is 9.05 Å². The fourth-order valence-corrected chi connectivity index (χ4v) is 2.48. The molecule has 0 amide bonds. The minimum atomic E-state index is -3.77. The van der Waals surface area contributed by atoms with E-state index in [2.05, 4.69) is 0 Å². The fourth-order valence-electron chi connectivity index (χ4n) is 1.67. The number of hydrogen-bond acceptors (Lipinski definition) is 3. The van der Waals surface area contributed by atoms with Crippen molar-refractivity contribution in [3.8, 4) is 5.75 Å². The molecule has 0 aliphatic heterocycles. The highest BCUT2D eigenvalue weighted by Crippen LogP contribution is 2.36. The van der Waals surface area contributed by atoms with Gasteiger partial charge in [-0.05, 0) is 35.1 Å². The van der Waals surface area contributed by atoms with Crippen molar-refractivity contribution in [3.05, 3.63) is 23.3 Å². The lowest BCUT2D eigenvalue weighted by Gasteiger charge is -2.16. The number of benzene rings is 1. The van der Waals surface area contributed by atoms with Crippen LogP contribution in [0.25, 0.3) is 0 Å². The molecular weight excluding hydrogens is 260 g/mol.